The largest absolute Gasteiger partial charge is 0.481 e. The maximum Gasteiger partial charge on any atom is 0.310 e. The second-order valence-electron chi connectivity index (χ2n) is 9.33. The Morgan fingerprint density at radius 2 is 1.78 bits per heavy atom. The third-order valence-electron chi connectivity index (χ3n) is 6.84. The normalized spacial score (nSPS) is 18.9. The van der Waals surface area contributed by atoms with Gasteiger partial charge in [0.15, 0.2) is 5.82 Å². The van der Waals surface area contributed by atoms with Crippen molar-refractivity contribution >= 4 is 17.4 Å². The lowest BCUT2D eigenvalue weighted by Gasteiger charge is -2.36. The zero-order chi connectivity index (χ0) is 22.7. The summed E-state index contributed by atoms with van der Waals surface area (Å²) in [6.07, 6.45) is 10.7. The number of rotatable bonds is 7. The molecule has 0 saturated carbocycles. The summed E-state index contributed by atoms with van der Waals surface area (Å²) in [5.41, 5.74) is 4.49. The molecule has 0 radical (unpaired) electrons. The molecular weight excluding hydrogens is 402 g/mol. The summed E-state index contributed by atoms with van der Waals surface area (Å²) in [6.45, 7) is 5.26. The van der Waals surface area contributed by atoms with Crippen LogP contribution in [-0.4, -0.2) is 44.9 Å². The number of nitrogens with zero attached hydrogens (tertiary/aromatic N) is 3. The Balaban J connectivity index is 1.30. The molecule has 2 heterocycles. The summed E-state index contributed by atoms with van der Waals surface area (Å²) in [5, 5.41) is 8.92. The van der Waals surface area contributed by atoms with Gasteiger partial charge in [-0.2, -0.15) is 0 Å². The average molecular weight is 434 g/mol. The van der Waals surface area contributed by atoms with Crippen molar-refractivity contribution in [1.29, 1.82) is 0 Å². The lowest BCUT2D eigenvalue weighted by molar-refractivity contribution is -0.152. The van der Waals surface area contributed by atoms with E-state index in [9.17, 15) is 9.59 Å². The molecule has 1 N–H and O–H groups in total. The van der Waals surface area contributed by atoms with E-state index in [0.717, 1.165) is 41.4 Å². The van der Waals surface area contributed by atoms with Gasteiger partial charge in [-0.3, -0.25) is 9.59 Å². The fourth-order valence-corrected chi connectivity index (χ4v) is 4.43. The number of aryl methyl sites for hydroxylation is 1. The van der Waals surface area contributed by atoms with Crippen LogP contribution in [0.4, 0.5) is 0 Å². The molecule has 2 aliphatic rings. The van der Waals surface area contributed by atoms with Crippen molar-refractivity contribution in [1.82, 2.24) is 14.9 Å². The summed E-state index contributed by atoms with van der Waals surface area (Å²) < 4.78 is 0. The number of carboxylic acids is 1. The van der Waals surface area contributed by atoms with Crippen molar-refractivity contribution in [3.05, 3.63) is 53.9 Å². The highest BCUT2D eigenvalue weighted by molar-refractivity contribution is 5.81. The first kappa shape index (κ1) is 22.2. The van der Waals surface area contributed by atoms with Gasteiger partial charge in [-0.1, -0.05) is 44.2 Å². The molecule has 168 valence electrons. The Labute approximate surface area is 189 Å². The molecule has 0 bridgehead atoms. The summed E-state index contributed by atoms with van der Waals surface area (Å²) in [4.78, 5) is 33.8. The Kier molecular flexibility index (Phi) is 6.68. The first-order valence-corrected chi connectivity index (χ1v) is 11.5. The predicted molar refractivity (Wildman–Crippen MR) is 124 cm³/mol. The van der Waals surface area contributed by atoms with Gasteiger partial charge in [0.2, 0.25) is 5.91 Å². The summed E-state index contributed by atoms with van der Waals surface area (Å²) in [5.74, 6) is 0.995. The molecule has 32 heavy (non-hydrogen) atoms. The van der Waals surface area contributed by atoms with E-state index < -0.39 is 11.9 Å². The minimum Gasteiger partial charge on any atom is -0.481 e. The Morgan fingerprint density at radius 1 is 1.09 bits per heavy atom. The molecule has 1 aliphatic carbocycles. The number of likely N-dealkylation sites (tertiary alicyclic amines) is 1. The Morgan fingerprint density at radius 3 is 2.34 bits per heavy atom. The van der Waals surface area contributed by atoms with E-state index in [1.807, 2.05) is 36.7 Å². The molecular formula is C26H31N3O3. The van der Waals surface area contributed by atoms with Crippen LogP contribution in [0.5, 0.6) is 0 Å². The third kappa shape index (κ3) is 5.06. The number of benzene rings is 1. The van der Waals surface area contributed by atoms with E-state index >= 15 is 0 Å². The maximum absolute atomic E-state index is 12.2. The van der Waals surface area contributed by atoms with Crippen molar-refractivity contribution < 1.29 is 14.7 Å². The molecule has 1 fully saturated rings. The molecule has 1 aromatic heterocycles. The van der Waals surface area contributed by atoms with Gasteiger partial charge in [-0.25, -0.2) is 9.97 Å². The molecule has 0 spiro atoms. The van der Waals surface area contributed by atoms with E-state index in [4.69, 9.17) is 5.11 Å². The molecule has 6 nitrogen and oxygen atoms in total. The molecule has 1 unspecified atom stereocenters. The van der Waals surface area contributed by atoms with Crippen LogP contribution in [0.3, 0.4) is 0 Å². The van der Waals surface area contributed by atoms with Crippen LogP contribution in [0.1, 0.15) is 50.7 Å². The highest BCUT2D eigenvalue weighted by Crippen LogP contribution is 2.33. The van der Waals surface area contributed by atoms with E-state index in [0.29, 0.717) is 31.8 Å². The number of hydrogen-bond acceptors (Lipinski definition) is 4. The van der Waals surface area contributed by atoms with Gasteiger partial charge >= 0.3 is 5.97 Å². The van der Waals surface area contributed by atoms with E-state index in [2.05, 4.69) is 29.9 Å². The minimum absolute atomic E-state index is 0.0160. The number of aliphatic carboxylic acids is 1. The van der Waals surface area contributed by atoms with Crippen LogP contribution < -0.4 is 0 Å². The molecule has 6 heteroatoms. The molecule has 1 saturated heterocycles. The second kappa shape index (κ2) is 9.63. The predicted octanol–water partition coefficient (Wildman–Crippen LogP) is 4.46. The number of hydrogen-bond donors (Lipinski definition) is 1. The SMILES string of the molecule is CC(C)C1CC=C(c2cnc(-c3ccc(CCC(=O)N4CC(C(=O)O)C4)cc3)nc2)CC1. The summed E-state index contributed by atoms with van der Waals surface area (Å²) >= 11 is 0. The zero-order valence-corrected chi connectivity index (χ0v) is 18.8. The van der Waals surface area contributed by atoms with Gasteiger partial charge in [0.25, 0.3) is 0 Å². The van der Waals surface area contributed by atoms with Crippen LogP contribution >= 0.6 is 0 Å². The van der Waals surface area contributed by atoms with Crippen molar-refractivity contribution in [2.75, 3.05) is 13.1 Å². The van der Waals surface area contributed by atoms with Gasteiger partial charge in [-0.15, -0.1) is 0 Å². The van der Waals surface area contributed by atoms with Gasteiger partial charge in [-0.05, 0) is 48.7 Å². The molecule has 1 atom stereocenters. The van der Waals surface area contributed by atoms with Gasteiger partial charge in [0.1, 0.15) is 0 Å². The fraction of sp³-hybridized carbons (Fsp3) is 0.462. The van der Waals surface area contributed by atoms with Crippen molar-refractivity contribution in [2.45, 2.75) is 46.0 Å². The number of carboxylic acid groups (broad SMARTS) is 1. The van der Waals surface area contributed by atoms with E-state index in [-0.39, 0.29) is 5.91 Å². The van der Waals surface area contributed by atoms with E-state index in [1.165, 1.54) is 12.0 Å². The summed E-state index contributed by atoms with van der Waals surface area (Å²) in [6, 6.07) is 8.00. The summed E-state index contributed by atoms with van der Waals surface area (Å²) in [7, 11) is 0. The fourth-order valence-electron chi connectivity index (χ4n) is 4.43. The van der Waals surface area contributed by atoms with Crippen molar-refractivity contribution in [3.8, 4) is 11.4 Å². The molecule has 1 amide bonds. The maximum atomic E-state index is 12.2. The second-order valence-corrected chi connectivity index (χ2v) is 9.33. The van der Waals surface area contributed by atoms with Crippen molar-refractivity contribution in [3.63, 3.8) is 0 Å². The smallest absolute Gasteiger partial charge is 0.310 e. The van der Waals surface area contributed by atoms with Crippen LogP contribution in [0.2, 0.25) is 0 Å². The van der Waals surface area contributed by atoms with Gasteiger partial charge in [0.05, 0.1) is 5.92 Å². The van der Waals surface area contributed by atoms with Crippen LogP contribution in [-0.2, 0) is 16.0 Å². The number of allylic oxidation sites excluding steroid dienone is 2. The first-order chi connectivity index (χ1) is 15.4. The lowest BCUT2D eigenvalue weighted by Crippen LogP contribution is -2.53. The van der Waals surface area contributed by atoms with Crippen LogP contribution in [0.15, 0.2) is 42.7 Å². The molecule has 2 aromatic rings. The lowest BCUT2D eigenvalue weighted by atomic mass is 9.81. The van der Waals surface area contributed by atoms with Gasteiger partial charge < -0.3 is 10.0 Å². The minimum atomic E-state index is -0.824. The Bertz CT molecular complexity index is 990. The van der Waals surface area contributed by atoms with Crippen molar-refractivity contribution in [2.24, 2.45) is 17.8 Å². The molecule has 1 aliphatic heterocycles. The topological polar surface area (TPSA) is 83.4 Å². The van der Waals surface area contributed by atoms with E-state index in [1.54, 1.807) is 4.90 Å². The zero-order valence-electron chi connectivity index (χ0n) is 18.8. The average Bonchev–Trinajstić information content (AvgIpc) is 2.77. The van der Waals surface area contributed by atoms with Crippen LogP contribution in [0.25, 0.3) is 17.0 Å². The first-order valence-electron chi connectivity index (χ1n) is 11.5. The standard InChI is InChI=1S/C26H31N3O3/c1-17(2)19-8-10-20(11-9-19)22-13-27-25(28-14-22)21-6-3-18(4-7-21)5-12-24(30)29-15-23(16-29)26(31)32/h3-4,6-7,10,13-14,17,19,23H,5,8-9,11-12,15-16H2,1-2H3,(H,31,32). The number of aromatic nitrogens is 2. The highest BCUT2D eigenvalue weighted by Gasteiger charge is 2.35. The third-order valence-corrected chi connectivity index (χ3v) is 6.84. The monoisotopic (exact) mass is 433 g/mol. The van der Waals surface area contributed by atoms with Crippen LogP contribution in [0, 0.1) is 17.8 Å². The number of carbonyl (C=O) groups excluding carboxylic acids is 1. The highest BCUT2D eigenvalue weighted by atomic mass is 16.4. The molecule has 1 aromatic carbocycles. The number of carbonyl (C=O) groups is 2. The number of amides is 1. The Hall–Kier alpha value is -3.02. The quantitative estimate of drug-likeness (QED) is 0.697. The van der Waals surface area contributed by atoms with Gasteiger partial charge in [0, 0.05) is 43.0 Å². The molecule has 4 rings (SSSR count).